The van der Waals surface area contributed by atoms with Crippen molar-refractivity contribution in [1.82, 2.24) is 4.90 Å². The minimum absolute atomic E-state index is 0.0614. The Labute approximate surface area is 131 Å². The van der Waals surface area contributed by atoms with Crippen molar-refractivity contribution in [2.45, 2.75) is 31.7 Å². The van der Waals surface area contributed by atoms with Crippen LogP contribution in [0.4, 0.5) is 0 Å². The summed E-state index contributed by atoms with van der Waals surface area (Å²) in [4.78, 5) is 14.3. The molecule has 0 aromatic heterocycles. The van der Waals surface area contributed by atoms with Gasteiger partial charge in [-0.05, 0) is 38.0 Å². The average Bonchev–Trinajstić information content (AvgIpc) is 2.78. The molecule has 0 spiro atoms. The number of hydrogen-bond acceptors (Lipinski definition) is 3. The maximum atomic E-state index is 12.7. The zero-order valence-corrected chi connectivity index (χ0v) is 14.0. The van der Waals surface area contributed by atoms with Gasteiger partial charge in [-0.2, -0.15) is 0 Å². The molecule has 0 aliphatic carbocycles. The van der Waals surface area contributed by atoms with Crippen LogP contribution in [0.15, 0.2) is 24.3 Å². The van der Waals surface area contributed by atoms with Crippen LogP contribution in [-0.4, -0.2) is 43.8 Å². The Morgan fingerprint density at radius 2 is 1.86 bits per heavy atom. The number of amides is 1. The van der Waals surface area contributed by atoms with Gasteiger partial charge in [-0.15, -0.1) is 0 Å². The Kier molecular flexibility index (Phi) is 4.36. The van der Waals surface area contributed by atoms with Gasteiger partial charge >= 0.3 is 0 Å². The molecule has 4 nitrogen and oxygen atoms in total. The third kappa shape index (κ3) is 3.40. The van der Waals surface area contributed by atoms with Gasteiger partial charge in [-0.3, -0.25) is 4.79 Å². The highest BCUT2D eigenvalue weighted by atomic mass is 35.5. The maximum Gasteiger partial charge on any atom is 0.232 e. The molecule has 2 rings (SSSR count). The van der Waals surface area contributed by atoms with Gasteiger partial charge in [0.25, 0.3) is 0 Å². The molecule has 0 saturated carbocycles. The molecule has 0 radical (unpaired) electrons. The Bertz CT molecular complexity index is 637. The predicted octanol–water partition coefficient (Wildman–Crippen LogP) is 2.26. The number of carbonyl (C=O) groups is 1. The van der Waals surface area contributed by atoms with Crippen molar-refractivity contribution in [1.29, 1.82) is 0 Å². The van der Waals surface area contributed by atoms with Crippen LogP contribution in [0.2, 0.25) is 5.02 Å². The first-order valence-corrected chi connectivity index (χ1v) is 9.07. The fraction of sp³-hybridized carbons (Fsp3) is 0.533. The topological polar surface area (TPSA) is 54.5 Å². The highest BCUT2D eigenvalue weighted by Crippen LogP contribution is 2.29. The largest absolute Gasteiger partial charge is 0.341 e. The lowest BCUT2D eigenvalue weighted by Crippen LogP contribution is -2.46. The molecule has 1 aromatic carbocycles. The third-order valence-corrected chi connectivity index (χ3v) is 6.18. The van der Waals surface area contributed by atoms with E-state index in [9.17, 15) is 13.2 Å². The third-order valence-electron chi connectivity index (χ3n) is 4.18. The second kappa shape index (κ2) is 5.61. The Hall–Kier alpha value is -1.07. The van der Waals surface area contributed by atoms with E-state index in [1.54, 1.807) is 24.1 Å². The zero-order chi connectivity index (χ0) is 15.8. The van der Waals surface area contributed by atoms with Gasteiger partial charge in [-0.25, -0.2) is 8.42 Å². The van der Waals surface area contributed by atoms with Crippen LogP contribution < -0.4 is 0 Å². The fourth-order valence-corrected chi connectivity index (χ4v) is 4.58. The van der Waals surface area contributed by atoms with Crippen molar-refractivity contribution in [2.24, 2.45) is 0 Å². The first-order chi connectivity index (χ1) is 9.63. The van der Waals surface area contributed by atoms with Crippen LogP contribution in [0.3, 0.4) is 0 Å². The van der Waals surface area contributed by atoms with E-state index in [4.69, 9.17) is 11.6 Å². The molecule has 1 unspecified atom stereocenters. The van der Waals surface area contributed by atoms with Gasteiger partial charge in [0.05, 0.1) is 16.9 Å². The lowest BCUT2D eigenvalue weighted by molar-refractivity contribution is -0.136. The monoisotopic (exact) mass is 329 g/mol. The molecule has 21 heavy (non-hydrogen) atoms. The summed E-state index contributed by atoms with van der Waals surface area (Å²) in [7, 11) is -1.32. The standard InChI is InChI=1S/C15H20ClNO3S/c1-15(2,11-4-6-12(16)7-5-11)14(18)17(3)13-8-9-21(19,20)10-13/h4-7,13H,8-10H2,1-3H3. The highest BCUT2D eigenvalue weighted by molar-refractivity contribution is 7.91. The van der Waals surface area contributed by atoms with Crippen molar-refractivity contribution in [3.63, 3.8) is 0 Å². The summed E-state index contributed by atoms with van der Waals surface area (Å²) in [6, 6.07) is 6.95. The summed E-state index contributed by atoms with van der Waals surface area (Å²) in [6.07, 6.45) is 0.515. The smallest absolute Gasteiger partial charge is 0.232 e. The maximum absolute atomic E-state index is 12.7. The number of likely N-dealkylation sites (N-methyl/N-ethyl adjacent to an activating group) is 1. The first-order valence-electron chi connectivity index (χ1n) is 6.87. The fourth-order valence-electron chi connectivity index (χ4n) is 2.68. The minimum Gasteiger partial charge on any atom is -0.341 e. The van der Waals surface area contributed by atoms with E-state index in [-0.39, 0.29) is 23.5 Å². The van der Waals surface area contributed by atoms with Crippen LogP contribution in [0.25, 0.3) is 0 Å². The molecule has 1 aromatic rings. The number of rotatable bonds is 3. The highest BCUT2D eigenvalue weighted by Gasteiger charge is 2.38. The Morgan fingerprint density at radius 1 is 1.29 bits per heavy atom. The van der Waals surface area contributed by atoms with Gasteiger partial charge in [0.2, 0.25) is 5.91 Å². The van der Waals surface area contributed by atoms with E-state index in [0.717, 1.165) is 5.56 Å². The van der Waals surface area contributed by atoms with Crippen molar-refractivity contribution in [3.05, 3.63) is 34.9 Å². The molecule has 116 valence electrons. The molecule has 0 N–H and O–H groups in total. The Morgan fingerprint density at radius 3 is 2.33 bits per heavy atom. The number of nitrogens with zero attached hydrogens (tertiary/aromatic N) is 1. The Balaban J connectivity index is 2.20. The van der Waals surface area contributed by atoms with E-state index in [1.807, 2.05) is 26.0 Å². The molecule has 1 saturated heterocycles. The van der Waals surface area contributed by atoms with Crippen LogP contribution in [0, 0.1) is 0 Å². The van der Waals surface area contributed by atoms with Crippen LogP contribution >= 0.6 is 11.6 Å². The summed E-state index contributed by atoms with van der Waals surface area (Å²) in [5.41, 5.74) is 0.149. The molecular formula is C15H20ClNO3S. The minimum atomic E-state index is -3.00. The SMILES string of the molecule is CN(C(=O)C(C)(C)c1ccc(Cl)cc1)C1CCS(=O)(=O)C1. The summed E-state index contributed by atoms with van der Waals surface area (Å²) < 4.78 is 23.1. The number of benzene rings is 1. The molecular weight excluding hydrogens is 310 g/mol. The van der Waals surface area contributed by atoms with Gasteiger partial charge < -0.3 is 4.90 Å². The molecule has 1 amide bonds. The second-order valence-electron chi connectivity index (χ2n) is 6.10. The second-order valence-corrected chi connectivity index (χ2v) is 8.77. The molecule has 1 atom stereocenters. The average molecular weight is 330 g/mol. The summed E-state index contributed by atoms with van der Waals surface area (Å²) in [6.45, 7) is 3.69. The van der Waals surface area contributed by atoms with Crippen molar-refractivity contribution in [3.8, 4) is 0 Å². The van der Waals surface area contributed by atoms with E-state index in [0.29, 0.717) is 11.4 Å². The lowest BCUT2D eigenvalue weighted by Gasteiger charge is -2.33. The van der Waals surface area contributed by atoms with Crippen LogP contribution in [0.1, 0.15) is 25.8 Å². The number of sulfone groups is 1. The van der Waals surface area contributed by atoms with E-state index < -0.39 is 15.3 Å². The molecule has 1 aliphatic heterocycles. The number of carbonyl (C=O) groups excluding carboxylic acids is 1. The lowest BCUT2D eigenvalue weighted by atomic mass is 9.83. The van der Waals surface area contributed by atoms with Gasteiger partial charge in [0.1, 0.15) is 0 Å². The van der Waals surface area contributed by atoms with Crippen LogP contribution in [-0.2, 0) is 20.0 Å². The molecule has 1 fully saturated rings. The van der Waals surface area contributed by atoms with Gasteiger partial charge in [0, 0.05) is 18.1 Å². The molecule has 1 heterocycles. The van der Waals surface area contributed by atoms with Crippen molar-refractivity contribution in [2.75, 3.05) is 18.6 Å². The van der Waals surface area contributed by atoms with Crippen molar-refractivity contribution < 1.29 is 13.2 Å². The summed E-state index contributed by atoms with van der Waals surface area (Å²) in [5, 5.41) is 0.622. The molecule has 6 heteroatoms. The van der Waals surface area contributed by atoms with Gasteiger partial charge in [0.15, 0.2) is 9.84 Å². The quantitative estimate of drug-likeness (QED) is 0.854. The van der Waals surface area contributed by atoms with Gasteiger partial charge in [-0.1, -0.05) is 23.7 Å². The normalized spacial score (nSPS) is 21.2. The molecule has 0 bridgehead atoms. The van der Waals surface area contributed by atoms with Crippen molar-refractivity contribution >= 4 is 27.3 Å². The number of hydrogen-bond donors (Lipinski definition) is 0. The zero-order valence-electron chi connectivity index (χ0n) is 12.5. The van der Waals surface area contributed by atoms with E-state index in [1.165, 1.54) is 0 Å². The summed E-state index contributed by atoms with van der Waals surface area (Å²) in [5.74, 6) is 0.148. The van der Waals surface area contributed by atoms with E-state index >= 15 is 0 Å². The summed E-state index contributed by atoms with van der Waals surface area (Å²) >= 11 is 5.88. The van der Waals surface area contributed by atoms with Crippen LogP contribution in [0.5, 0.6) is 0 Å². The number of halogens is 1. The first kappa shape index (κ1) is 16.3. The van der Waals surface area contributed by atoms with E-state index in [2.05, 4.69) is 0 Å². The predicted molar refractivity (Wildman–Crippen MR) is 84.3 cm³/mol. The molecule has 1 aliphatic rings.